The summed E-state index contributed by atoms with van der Waals surface area (Å²) in [7, 11) is 2.16. The summed E-state index contributed by atoms with van der Waals surface area (Å²) in [5.41, 5.74) is 5.65. The van der Waals surface area contributed by atoms with Gasteiger partial charge in [0.2, 0.25) is 0 Å². The third-order valence-electron chi connectivity index (χ3n) is 8.03. The maximum absolute atomic E-state index is 12.3. The number of carbonyl (C=O) groups is 1. The molecule has 1 saturated heterocycles. The standard InChI is InChI=1S/C34H35N5O2/c1-38-19-21-39(22-20-38)28-15-13-27(14-16-28)36-33(25-7-3-2-4-8-25)32-29-17-11-24(23-30(29)37-34(32)41)12-18-31(40)35-26-9-5-6-10-26/h2-4,7-8,11,13-17,23,26,37,41H,5-6,9-10,19-22H2,1H3,(H,35,40). The van der Waals surface area contributed by atoms with Gasteiger partial charge in [0.05, 0.1) is 22.5 Å². The second-order valence-corrected chi connectivity index (χ2v) is 10.9. The highest BCUT2D eigenvalue weighted by atomic mass is 16.3. The van der Waals surface area contributed by atoms with E-state index < -0.39 is 0 Å². The molecule has 4 aromatic rings. The molecule has 208 valence electrons. The van der Waals surface area contributed by atoms with E-state index in [0.717, 1.165) is 74.0 Å². The topological polar surface area (TPSA) is 84.0 Å². The molecule has 2 aliphatic rings. The third-order valence-corrected chi connectivity index (χ3v) is 8.03. The summed E-state index contributed by atoms with van der Waals surface area (Å²) < 4.78 is 0. The number of carbonyl (C=O) groups excluding carboxylic acids is 1. The van der Waals surface area contributed by atoms with Gasteiger partial charge in [-0.2, -0.15) is 0 Å². The van der Waals surface area contributed by atoms with E-state index in [1.807, 2.05) is 60.7 Å². The van der Waals surface area contributed by atoms with E-state index in [2.05, 4.69) is 51.1 Å². The van der Waals surface area contributed by atoms with Gasteiger partial charge in [0.25, 0.3) is 5.91 Å². The van der Waals surface area contributed by atoms with E-state index in [9.17, 15) is 9.90 Å². The predicted octanol–water partition coefficient (Wildman–Crippen LogP) is 5.20. The highest BCUT2D eigenvalue weighted by Gasteiger charge is 2.20. The number of benzene rings is 3. The number of aromatic hydroxyl groups is 1. The molecule has 7 heteroatoms. The lowest BCUT2D eigenvalue weighted by Gasteiger charge is -2.34. The van der Waals surface area contributed by atoms with Gasteiger partial charge in [-0.15, -0.1) is 0 Å². The molecule has 1 aromatic heterocycles. The van der Waals surface area contributed by atoms with Crippen molar-refractivity contribution < 1.29 is 9.90 Å². The molecule has 0 bridgehead atoms. The van der Waals surface area contributed by atoms with Crippen LogP contribution in [0, 0.1) is 11.8 Å². The molecule has 3 N–H and O–H groups in total. The number of H-pyrrole nitrogens is 1. The number of aliphatic imine (C=N–C) groups is 1. The fourth-order valence-electron chi connectivity index (χ4n) is 5.71. The largest absolute Gasteiger partial charge is 0.494 e. The molecule has 0 unspecified atom stereocenters. The molecular weight excluding hydrogens is 510 g/mol. The predicted molar refractivity (Wildman–Crippen MR) is 165 cm³/mol. The zero-order valence-electron chi connectivity index (χ0n) is 23.4. The summed E-state index contributed by atoms with van der Waals surface area (Å²) >= 11 is 0. The number of fused-ring (bicyclic) bond motifs is 1. The van der Waals surface area contributed by atoms with E-state index in [-0.39, 0.29) is 17.8 Å². The normalized spacial score (nSPS) is 16.5. The minimum atomic E-state index is -0.246. The van der Waals surface area contributed by atoms with Crippen LogP contribution in [0.4, 0.5) is 11.4 Å². The first-order valence-electron chi connectivity index (χ1n) is 14.4. The molecule has 1 aliphatic carbocycles. The van der Waals surface area contributed by atoms with Crippen LogP contribution in [0.3, 0.4) is 0 Å². The second-order valence-electron chi connectivity index (χ2n) is 10.9. The van der Waals surface area contributed by atoms with Gasteiger partial charge in [-0.25, -0.2) is 4.99 Å². The van der Waals surface area contributed by atoms with Crippen molar-refractivity contribution in [3.63, 3.8) is 0 Å². The third kappa shape index (κ3) is 6.13. The number of piperazine rings is 1. The molecule has 6 rings (SSSR count). The van der Waals surface area contributed by atoms with Crippen LogP contribution in [0.2, 0.25) is 0 Å². The fourth-order valence-corrected chi connectivity index (χ4v) is 5.71. The number of amides is 1. The van der Waals surface area contributed by atoms with E-state index in [0.29, 0.717) is 16.8 Å². The molecule has 1 amide bonds. The second kappa shape index (κ2) is 11.9. The smallest absolute Gasteiger partial charge is 0.296 e. The van der Waals surface area contributed by atoms with Gasteiger partial charge in [-0.1, -0.05) is 55.2 Å². The maximum atomic E-state index is 12.3. The number of nitrogens with one attached hydrogen (secondary N) is 2. The van der Waals surface area contributed by atoms with Crippen molar-refractivity contribution in [2.75, 3.05) is 38.1 Å². The Kier molecular flexibility index (Phi) is 7.75. The molecule has 2 fully saturated rings. The number of hydrogen-bond acceptors (Lipinski definition) is 5. The first kappa shape index (κ1) is 26.7. The van der Waals surface area contributed by atoms with E-state index in [1.165, 1.54) is 5.69 Å². The summed E-state index contributed by atoms with van der Waals surface area (Å²) in [6.07, 6.45) is 4.36. The molecule has 1 saturated carbocycles. The maximum Gasteiger partial charge on any atom is 0.296 e. The molecule has 41 heavy (non-hydrogen) atoms. The molecule has 0 atom stereocenters. The molecule has 0 radical (unpaired) electrons. The van der Waals surface area contributed by atoms with Crippen molar-refractivity contribution in [1.82, 2.24) is 15.2 Å². The lowest BCUT2D eigenvalue weighted by molar-refractivity contribution is -0.116. The summed E-state index contributed by atoms with van der Waals surface area (Å²) in [4.78, 5) is 25.2. The van der Waals surface area contributed by atoms with Gasteiger partial charge in [0.15, 0.2) is 5.88 Å². The van der Waals surface area contributed by atoms with Crippen LogP contribution >= 0.6 is 0 Å². The highest BCUT2D eigenvalue weighted by Crippen LogP contribution is 2.32. The Morgan fingerprint density at radius 3 is 2.44 bits per heavy atom. The minimum absolute atomic E-state index is 0.0424. The van der Waals surface area contributed by atoms with E-state index in [4.69, 9.17) is 4.99 Å². The number of rotatable bonds is 5. The van der Waals surface area contributed by atoms with Crippen molar-refractivity contribution in [2.45, 2.75) is 31.7 Å². The van der Waals surface area contributed by atoms with Gasteiger partial charge in [-0.3, -0.25) is 4.79 Å². The van der Waals surface area contributed by atoms with Gasteiger partial charge in [0, 0.05) is 60.3 Å². The number of aromatic nitrogens is 1. The first-order valence-corrected chi connectivity index (χ1v) is 14.4. The summed E-state index contributed by atoms with van der Waals surface area (Å²) in [6.45, 7) is 4.13. The Hall–Kier alpha value is -4.54. The van der Waals surface area contributed by atoms with Gasteiger partial charge < -0.3 is 25.2 Å². The van der Waals surface area contributed by atoms with Crippen LogP contribution in [0.15, 0.2) is 77.8 Å². The zero-order valence-corrected chi connectivity index (χ0v) is 23.4. The number of nitrogens with zero attached hydrogens (tertiary/aromatic N) is 3. The Morgan fingerprint density at radius 2 is 1.71 bits per heavy atom. The summed E-state index contributed by atoms with van der Waals surface area (Å²) in [5, 5.41) is 14.9. The van der Waals surface area contributed by atoms with Gasteiger partial charge in [-0.05, 0) is 56.3 Å². The lowest BCUT2D eigenvalue weighted by Crippen LogP contribution is -2.44. The van der Waals surface area contributed by atoms with Crippen LogP contribution in [0.25, 0.3) is 10.9 Å². The Morgan fingerprint density at radius 1 is 0.976 bits per heavy atom. The molecule has 1 aliphatic heterocycles. The van der Waals surface area contributed by atoms with Gasteiger partial charge >= 0.3 is 0 Å². The molecular formula is C34H35N5O2. The van der Waals surface area contributed by atoms with Crippen LogP contribution < -0.4 is 10.2 Å². The molecule has 7 nitrogen and oxygen atoms in total. The molecule has 0 spiro atoms. The van der Waals surface area contributed by atoms with Crippen molar-refractivity contribution >= 4 is 33.9 Å². The van der Waals surface area contributed by atoms with Crippen molar-refractivity contribution in [3.8, 4) is 17.7 Å². The Labute approximate surface area is 240 Å². The fraction of sp³-hybridized carbons (Fsp3) is 0.294. The average Bonchev–Trinajstić information content (AvgIpc) is 3.62. The Bertz CT molecular complexity index is 1610. The van der Waals surface area contributed by atoms with Crippen LogP contribution in [0.1, 0.15) is 42.4 Å². The lowest BCUT2D eigenvalue weighted by atomic mass is 10.00. The average molecular weight is 546 g/mol. The summed E-state index contributed by atoms with van der Waals surface area (Å²) in [5.74, 6) is 5.49. The van der Waals surface area contributed by atoms with Crippen molar-refractivity contribution in [2.24, 2.45) is 4.99 Å². The number of aromatic amines is 1. The Balaban J connectivity index is 1.30. The monoisotopic (exact) mass is 545 g/mol. The minimum Gasteiger partial charge on any atom is -0.494 e. The van der Waals surface area contributed by atoms with Crippen LogP contribution in [-0.2, 0) is 4.79 Å². The molecule has 3 aromatic carbocycles. The van der Waals surface area contributed by atoms with Crippen LogP contribution in [-0.4, -0.2) is 65.9 Å². The number of hydrogen-bond donors (Lipinski definition) is 3. The van der Waals surface area contributed by atoms with Gasteiger partial charge in [0.1, 0.15) is 0 Å². The molecule has 2 heterocycles. The van der Waals surface area contributed by atoms with Crippen molar-refractivity contribution in [1.29, 1.82) is 0 Å². The van der Waals surface area contributed by atoms with Crippen molar-refractivity contribution in [3.05, 3.63) is 89.5 Å². The quantitative estimate of drug-likeness (QED) is 0.238. The zero-order chi connectivity index (χ0) is 28.2. The van der Waals surface area contributed by atoms with Crippen LogP contribution in [0.5, 0.6) is 5.88 Å². The number of anilines is 1. The SMILES string of the molecule is CN1CCN(c2ccc(N=C(c3ccccc3)c3c(O)[nH]c4cc(C#CC(=O)NC5CCCC5)ccc34)cc2)CC1. The summed E-state index contributed by atoms with van der Waals surface area (Å²) in [6, 6.07) is 24.1. The van der Waals surface area contributed by atoms with E-state index in [1.54, 1.807) is 0 Å². The first-order chi connectivity index (χ1) is 20.0. The van der Waals surface area contributed by atoms with E-state index >= 15 is 0 Å². The highest BCUT2D eigenvalue weighted by molar-refractivity contribution is 6.22. The number of likely N-dealkylation sites (N-methyl/N-ethyl adjacent to an activating group) is 1.